The molecule has 4 heteroatoms. The van der Waals surface area contributed by atoms with E-state index < -0.39 is 6.10 Å². The predicted octanol–water partition coefficient (Wildman–Crippen LogP) is 3.57. The molecule has 1 unspecified atom stereocenters. The molecule has 2 rings (SSSR count). The highest BCUT2D eigenvalue weighted by Crippen LogP contribution is 2.25. The topological polar surface area (TPSA) is 33.1 Å². The fourth-order valence-corrected chi connectivity index (χ4v) is 2.33. The number of hydrogen-bond donors (Lipinski definition) is 1. The molecule has 0 saturated carbocycles. The average molecular weight is 310 g/mol. The van der Waals surface area contributed by atoms with Crippen molar-refractivity contribution in [2.45, 2.75) is 19.4 Å². The molecule has 18 heavy (non-hydrogen) atoms. The molecule has 0 saturated heterocycles. The van der Waals surface area contributed by atoms with Crippen molar-refractivity contribution in [1.29, 1.82) is 0 Å². The van der Waals surface area contributed by atoms with Gasteiger partial charge in [-0.2, -0.15) is 0 Å². The molecule has 1 atom stereocenters. The van der Waals surface area contributed by atoms with Gasteiger partial charge in [-0.1, -0.05) is 6.07 Å². The number of rotatable bonds is 3. The number of nitrogens with zero attached hydrogens (tertiary/aromatic N) is 1. The summed E-state index contributed by atoms with van der Waals surface area (Å²) >= 11 is 3.35. The van der Waals surface area contributed by atoms with E-state index in [1.807, 2.05) is 13.0 Å². The zero-order valence-corrected chi connectivity index (χ0v) is 11.5. The third-order valence-corrected chi connectivity index (χ3v) is 3.50. The second-order valence-corrected chi connectivity index (χ2v) is 5.02. The molecule has 0 aliphatic rings. The monoisotopic (exact) mass is 309 g/mol. The highest BCUT2D eigenvalue weighted by Gasteiger charge is 2.14. The predicted molar refractivity (Wildman–Crippen MR) is 71.7 cm³/mol. The number of benzene rings is 1. The number of aromatic nitrogens is 1. The molecule has 0 aliphatic heterocycles. The summed E-state index contributed by atoms with van der Waals surface area (Å²) in [4.78, 5) is 4.14. The standard InChI is InChI=1S/C14H13BrFNO/c1-9-4-5-11(16)7-10(9)8-13(18)14-12(15)3-2-6-17-14/h2-7,13,18H,8H2,1H3. The van der Waals surface area contributed by atoms with Crippen LogP contribution in [0.1, 0.15) is 22.9 Å². The first-order chi connectivity index (χ1) is 8.58. The van der Waals surface area contributed by atoms with E-state index in [1.54, 1.807) is 18.3 Å². The molecule has 0 bridgehead atoms. The minimum absolute atomic E-state index is 0.289. The van der Waals surface area contributed by atoms with Crippen LogP contribution >= 0.6 is 15.9 Å². The Morgan fingerprint density at radius 1 is 1.39 bits per heavy atom. The number of aliphatic hydroxyl groups is 1. The lowest BCUT2D eigenvalue weighted by molar-refractivity contribution is 0.172. The molecule has 0 radical (unpaired) electrons. The minimum atomic E-state index is -0.749. The molecule has 1 N–H and O–H groups in total. The van der Waals surface area contributed by atoms with Crippen LogP contribution in [-0.2, 0) is 6.42 Å². The zero-order valence-electron chi connectivity index (χ0n) is 9.90. The van der Waals surface area contributed by atoms with E-state index >= 15 is 0 Å². The van der Waals surface area contributed by atoms with E-state index in [2.05, 4.69) is 20.9 Å². The molecule has 0 amide bonds. The Hall–Kier alpha value is -1.26. The summed E-state index contributed by atoms with van der Waals surface area (Å²) in [6.07, 6.45) is 1.22. The molecule has 0 fully saturated rings. The van der Waals surface area contributed by atoms with Crippen molar-refractivity contribution in [3.05, 3.63) is 63.6 Å². The van der Waals surface area contributed by atoms with Gasteiger partial charge in [0, 0.05) is 17.1 Å². The van der Waals surface area contributed by atoms with Crippen LogP contribution < -0.4 is 0 Å². The number of aryl methyl sites for hydroxylation is 1. The van der Waals surface area contributed by atoms with Crippen LogP contribution in [0.2, 0.25) is 0 Å². The zero-order chi connectivity index (χ0) is 13.1. The average Bonchev–Trinajstić information content (AvgIpc) is 2.34. The Labute approximate surface area is 114 Å². The summed E-state index contributed by atoms with van der Waals surface area (Å²) < 4.78 is 13.9. The molecule has 94 valence electrons. The van der Waals surface area contributed by atoms with Crippen molar-refractivity contribution in [2.75, 3.05) is 0 Å². The van der Waals surface area contributed by atoms with Crippen LogP contribution in [0.4, 0.5) is 4.39 Å². The maximum atomic E-state index is 13.2. The smallest absolute Gasteiger partial charge is 0.123 e. The van der Waals surface area contributed by atoms with Gasteiger partial charge in [0.1, 0.15) is 11.9 Å². The minimum Gasteiger partial charge on any atom is -0.386 e. The number of hydrogen-bond acceptors (Lipinski definition) is 2. The maximum Gasteiger partial charge on any atom is 0.123 e. The summed E-state index contributed by atoms with van der Waals surface area (Å²) in [5.74, 6) is -0.289. The third kappa shape index (κ3) is 2.94. The highest BCUT2D eigenvalue weighted by atomic mass is 79.9. The lowest BCUT2D eigenvalue weighted by Crippen LogP contribution is -2.06. The normalized spacial score (nSPS) is 12.4. The fraction of sp³-hybridized carbons (Fsp3) is 0.214. The molecular formula is C14H13BrFNO. The van der Waals surface area contributed by atoms with Crippen LogP contribution in [0, 0.1) is 12.7 Å². The quantitative estimate of drug-likeness (QED) is 0.940. The van der Waals surface area contributed by atoms with Gasteiger partial charge in [0.25, 0.3) is 0 Å². The molecule has 2 aromatic rings. The summed E-state index contributed by atoms with van der Waals surface area (Å²) in [6, 6.07) is 8.19. The summed E-state index contributed by atoms with van der Waals surface area (Å²) in [6.45, 7) is 1.90. The first-order valence-electron chi connectivity index (χ1n) is 5.61. The van der Waals surface area contributed by atoms with Crippen LogP contribution in [0.3, 0.4) is 0 Å². The Kier molecular flexibility index (Phi) is 4.09. The van der Waals surface area contributed by atoms with E-state index in [9.17, 15) is 9.50 Å². The van der Waals surface area contributed by atoms with Gasteiger partial charge in [-0.15, -0.1) is 0 Å². The second-order valence-electron chi connectivity index (χ2n) is 4.16. The molecule has 1 aromatic heterocycles. The fourth-order valence-electron chi connectivity index (χ4n) is 1.81. The summed E-state index contributed by atoms with van der Waals surface area (Å²) in [5, 5.41) is 10.2. The number of aliphatic hydroxyl groups excluding tert-OH is 1. The molecule has 1 heterocycles. The van der Waals surface area contributed by atoms with Crippen LogP contribution in [0.25, 0.3) is 0 Å². The van der Waals surface area contributed by atoms with Crippen molar-refractivity contribution < 1.29 is 9.50 Å². The van der Waals surface area contributed by atoms with Gasteiger partial charge in [0.05, 0.1) is 5.69 Å². The summed E-state index contributed by atoms with van der Waals surface area (Å²) in [7, 11) is 0. The van der Waals surface area contributed by atoms with E-state index in [-0.39, 0.29) is 5.82 Å². The molecule has 0 spiro atoms. The van der Waals surface area contributed by atoms with Crippen molar-refractivity contribution >= 4 is 15.9 Å². The van der Waals surface area contributed by atoms with Gasteiger partial charge < -0.3 is 5.11 Å². The maximum absolute atomic E-state index is 13.2. The Morgan fingerprint density at radius 2 is 2.17 bits per heavy atom. The molecule has 0 aliphatic carbocycles. The van der Waals surface area contributed by atoms with Gasteiger partial charge in [0.15, 0.2) is 0 Å². The van der Waals surface area contributed by atoms with Crippen molar-refractivity contribution in [3.63, 3.8) is 0 Å². The van der Waals surface area contributed by atoms with Crippen molar-refractivity contribution in [2.24, 2.45) is 0 Å². The largest absolute Gasteiger partial charge is 0.386 e. The van der Waals surface area contributed by atoms with Gasteiger partial charge in [-0.25, -0.2) is 4.39 Å². The Balaban J connectivity index is 2.24. The SMILES string of the molecule is Cc1ccc(F)cc1CC(O)c1ncccc1Br. The van der Waals surface area contributed by atoms with Gasteiger partial charge >= 0.3 is 0 Å². The van der Waals surface area contributed by atoms with E-state index in [4.69, 9.17) is 0 Å². The highest BCUT2D eigenvalue weighted by molar-refractivity contribution is 9.10. The van der Waals surface area contributed by atoms with Gasteiger partial charge in [-0.3, -0.25) is 4.98 Å². The molecule has 2 nitrogen and oxygen atoms in total. The van der Waals surface area contributed by atoms with Gasteiger partial charge in [-0.05, 0) is 58.2 Å². The van der Waals surface area contributed by atoms with Crippen LogP contribution in [0.15, 0.2) is 41.0 Å². The number of pyridine rings is 1. The first-order valence-corrected chi connectivity index (χ1v) is 6.40. The Morgan fingerprint density at radius 3 is 2.89 bits per heavy atom. The second kappa shape index (κ2) is 5.59. The van der Waals surface area contributed by atoms with E-state index in [0.29, 0.717) is 12.1 Å². The molecule has 1 aromatic carbocycles. The first kappa shape index (κ1) is 13.2. The van der Waals surface area contributed by atoms with E-state index in [1.165, 1.54) is 12.1 Å². The Bertz CT molecular complexity index is 559. The molecular weight excluding hydrogens is 297 g/mol. The van der Waals surface area contributed by atoms with Crippen LogP contribution in [-0.4, -0.2) is 10.1 Å². The summed E-state index contributed by atoms with van der Waals surface area (Å²) in [5.41, 5.74) is 2.32. The number of halogens is 2. The van der Waals surface area contributed by atoms with Gasteiger partial charge in [0.2, 0.25) is 0 Å². The lowest BCUT2D eigenvalue weighted by Gasteiger charge is -2.13. The van der Waals surface area contributed by atoms with Crippen molar-refractivity contribution in [1.82, 2.24) is 4.98 Å². The van der Waals surface area contributed by atoms with E-state index in [0.717, 1.165) is 15.6 Å². The lowest BCUT2D eigenvalue weighted by atomic mass is 10.0. The van der Waals surface area contributed by atoms with Crippen molar-refractivity contribution in [3.8, 4) is 0 Å². The third-order valence-electron chi connectivity index (χ3n) is 2.83. The van der Waals surface area contributed by atoms with Crippen LogP contribution in [0.5, 0.6) is 0 Å².